The van der Waals surface area contributed by atoms with Gasteiger partial charge in [-0.25, -0.2) is 0 Å². The average molecular weight is 266 g/mol. The van der Waals surface area contributed by atoms with Crippen LogP contribution in [0.5, 0.6) is 0 Å². The molecule has 2 heteroatoms. The third kappa shape index (κ3) is 2.56. The van der Waals surface area contributed by atoms with Gasteiger partial charge in [-0.1, -0.05) is 24.3 Å². The predicted octanol–water partition coefficient (Wildman–Crippen LogP) is 3.62. The lowest BCUT2D eigenvalue weighted by Gasteiger charge is -2.22. The summed E-state index contributed by atoms with van der Waals surface area (Å²) in [6, 6.07) is 13.5. The highest BCUT2D eigenvalue weighted by atomic mass is 15.1. The van der Waals surface area contributed by atoms with Crippen molar-refractivity contribution in [1.29, 1.82) is 0 Å². The van der Waals surface area contributed by atoms with Gasteiger partial charge in [-0.05, 0) is 53.6 Å². The molecule has 0 fully saturated rings. The summed E-state index contributed by atoms with van der Waals surface area (Å²) >= 11 is 0. The van der Waals surface area contributed by atoms with Crippen molar-refractivity contribution < 1.29 is 0 Å². The van der Waals surface area contributed by atoms with Gasteiger partial charge in [0.1, 0.15) is 0 Å². The van der Waals surface area contributed by atoms with Crippen LogP contribution in [0, 0.1) is 0 Å². The molecule has 0 N–H and O–H groups in total. The molecule has 0 radical (unpaired) electrons. The van der Waals surface area contributed by atoms with Gasteiger partial charge in [-0.15, -0.1) is 0 Å². The van der Waals surface area contributed by atoms with Crippen molar-refractivity contribution in [3.8, 4) is 0 Å². The largest absolute Gasteiger partial charge is 0.378 e. The Hall–Kier alpha value is -1.80. The van der Waals surface area contributed by atoms with Crippen LogP contribution in [-0.2, 0) is 0 Å². The molecule has 0 aliphatic carbocycles. The monoisotopic (exact) mass is 266 g/mol. The topological polar surface area (TPSA) is 6.48 Å². The maximum atomic E-state index is 2.36. The van der Waals surface area contributed by atoms with E-state index < -0.39 is 0 Å². The van der Waals surface area contributed by atoms with Crippen molar-refractivity contribution in [1.82, 2.24) is 4.90 Å². The summed E-state index contributed by atoms with van der Waals surface area (Å²) in [6.07, 6.45) is 3.51. The number of benzene rings is 2. The molecule has 1 heterocycles. The van der Waals surface area contributed by atoms with Crippen molar-refractivity contribution in [3.05, 3.63) is 48.0 Å². The first kappa shape index (κ1) is 13.2. The zero-order chi connectivity index (χ0) is 14.1. The Balaban J connectivity index is 1.97. The van der Waals surface area contributed by atoms with Crippen LogP contribution >= 0.6 is 0 Å². The summed E-state index contributed by atoms with van der Waals surface area (Å²) in [6.45, 7) is 2.22. The van der Waals surface area contributed by atoms with Gasteiger partial charge in [0, 0.05) is 32.9 Å². The van der Waals surface area contributed by atoms with Gasteiger partial charge in [-0.3, -0.25) is 0 Å². The van der Waals surface area contributed by atoms with Crippen LogP contribution in [0.2, 0.25) is 0 Å². The summed E-state index contributed by atoms with van der Waals surface area (Å²) in [5.74, 6) is 0. The Morgan fingerprint density at radius 1 is 1.00 bits per heavy atom. The number of hydrogen-bond donors (Lipinski definition) is 0. The van der Waals surface area contributed by atoms with E-state index >= 15 is 0 Å². The zero-order valence-electron chi connectivity index (χ0n) is 12.6. The van der Waals surface area contributed by atoms with Gasteiger partial charge in [0.05, 0.1) is 0 Å². The lowest BCUT2D eigenvalue weighted by Crippen LogP contribution is -2.23. The first-order chi connectivity index (χ1) is 9.63. The Bertz CT molecular complexity index is 656. The van der Waals surface area contributed by atoms with Crippen LogP contribution in [0.3, 0.4) is 0 Å². The second-order valence-electron chi connectivity index (χ2n) is 5.88. The lowest BCUT2D eigenvalue weighted by atomic mass is 9.97. The van der Waals surface area contributed by atoms with Crippen molar-refractivity contribution in [3.63, 3.8) is 0 Å². The molecule has 0 saturated heterocycles. The summed E-state index contributed by atoms with van der Waals surface area (Å²) in [5, 5.41) is 2.64. The van der Waals surface area contributed by atoms with E-state index in [1.165, 1.54) is 27.6 Å². The van der Waals surface area contributed by atoms with Crippen LogP contribution in [0.4, 0.5) is 5.69 Å². The summed E-state index contributed by atoms with van der Waals surface area (Å²) in [4.78, 5) is 4.50. The van der Waals surface area contributed by atoms with Crippen LogP contribution < -0.4 is 4.90 Å². The SMILES string of the molecule is CN1CC=C(c2ccc3cc(N(C)C)ccc3c2)CC1. The highest BCUT2D eigenvalue weighted by Gasteiger charge is 2.10. The van der Waals surface area contributed by atoms with Crippen LogP contribution in [0.15, 0.2) is 42.5 Å². The van der Waals surface area contributed by atoms with Crippen LogP contribution in [-0.4, -0.2) is 39.1 Å². The van der Waals surface area contributed by atoms with Crippen LogP contribution in [0.1, 0.15) is 12.0 Å². The van der Waals surface area contributed by atoms with Crippen molar-refractivity contribution in [2.24, 2.45) is 0 Å². The number of nitrogens with zero attached hydrogens (tertiary/aromatic N) is 2. The van der Waals surface area contributed by atoms with E-state index in [-0.39, 0.29) is 0 Å². The molecule has 0 spiro atoms. The fraction of sp³-hybridized carbons (Fsp3) is 0.333. The molecular formula is C18H22N2. The molecule has 104 valence electrons. The molecule has 2 aromatic carbocycles. The normalized spacial score (nSPS) is 16.2. The van der Waals surface area contributed by atoms with Gasteiger partial charge in [-0.2, -0.15) is 0 Å². The third-order valence-electron chi connectivity index (χ3n) is 4.12. The van der Waals surface area contributed by atoms with E-state index in [1.54, 1.807) is 0 Å². The minimum atomic E-state index is 1.06. The van der Waals surface area contributed by atoms with Crippen molar-refractivity contribution in [2.45, 2.75) is 6.42 Å². The van der Waals surface area contributed by atoms with Gasteiger partial charge in [0.25, 0.3) is 0 Å². The quantitative estimate of drug-likeness (QED) is 0.819. The summed E-state index contributed by atoms with van der Waals surface area (Å²) in [7, 11) is 6.34. The van der Waals surface area contributed by atoms with Gasteiger partial charge in [0.15, 0.2) is 0 Å². The molecule has 0 unspecified atom stereocenters. The van der Waals surface area contributed by atoms with Gasteiger partial charge in [0.2, 0.25) is 0 Å². The highest BCUT2D eigenvalue weighted by molar-refractivity contribution is 5.89. The standard InChI is InChI=1S/C18H22N2/c1-19(2)18-7-6-16-12-15(4-5-17(16)13-18)14-8-10-20(3)11-9-14/h4-8,12-13H,9-11H2,1-3H3. The molecule has 0 bridgehead atoms. The molecule has 2 nitrogen and oxygen atoms in total. The molecule has 0 saturated carbocycles. The predicted molar refractivity (Wildman–Crippen MR) is 88.4 cm³/mol. The third-order valence-corrected chi connectivity index (χ3v) is 4.12. The maximum Gasteiger partial charge on any atom is 0.0367 e. The Morgan fingerprint density at radius 2 is 1.75 bits per heavy atom. The molecule has 3 rings (SSSR count). The first-order valence-corrected chi connectivity index (χ1v) is 7.22. The lowest BCUT2D eigenvalue weighted by molar-refractivity contribution is 0.370. The number of hydrogen-bond acceptors (Lipinski definition) is 2. The number of fused-ring (bicyclic) bond motifs is 1. The maximum absolute atomic E-state index is 2.36. The van der Waals surface area contributed by atoms with Gasteiger partial charge >= 0.3 is 0 Å². The number of rotatable bonds is 2. The first-order valence-electron chi connectivity index (χ1n) is 7.22. The minimum absolute atomic E-state index is 1.06. The Morgan fingerprint density at radius 3 is 2.45 bits per heavy atom. The Kier molecular flexibility index (Phi) is 3.49. The van der Waals surface area contributed by atoms with Crippen LogP contribution in [0.25, 0.3) is 16.3 Å². The average Bonchev–Trinajstić information content (AvgIpc) is 2.47. The minimum Gasteiger partial charge on any atom is -0.378 e. The number of anilines is 1. The second-order valence-corrected chi connectivity index (χ2v) is 5.88. The van der Waals surface area contributed by atoms with E-state index in [0.29, 0.717) is 0 Å². The smallest absolute Gasteiger partial charge is 0.0367 e. The molecule has 1 aliphatic rings. The Labute approximate surface area is 121 Å². The highest BCUT2D eigenvalue weighted by Crippen LogP contribution is 2.27. The van der Waals surface area contributed by atoms with E-state index in [1.807, 2.05) is 0 Å². The molecule has 0 aromatic heterocycles. The molecule has 1 aliphatic heterocycles. The van der Waals surface area contributed by atoms with E-state index in [2.05, 4.69) is 73.4 Å². The fourth-order valence-corrected chi connectivity index (χ4v) is 2.74. The van der Waals surface area contributed by atoms with Gasteiger partial charge < -0.3 is 9.80 Å². The molecular weight excluding hydrogens is 244 g/mol. The molecule has 2 aromatic rings. The zero-order valence-corrected chi connectivity index (χ0v) is 12.6. The van der Waals surface area contributed by atoms with E-state index in [9.17, 15) is 0 Å². The molecule has 20 heavy (non-hydrogen) atoms. The molecule has 0 amide bonds. The van der Waals surface area contributed by atoms with E-state index in [4.69, 9.17) is 0 Å². The number of likely N-dealkylation sites (N-methyl/N-ethyl adjacent to an activating group) is 1. The summed E-state index contributed by atoms with van der Waals surface area (Å²) in [5.41, 5.74) is 4.12. The second kappa shape index (κ2) is 5.29. The fourth-order valence-electron chi connectivity index (χ4n) is 2.74. The molecule has 0 atom stereocenters. The van der Waals surface area contributed by atoms with E-state index in [0.717, 1.165) is 19.5 Å². The van der Waals surface area contributed by atoms with Crippen molar-refractivity contribution in [2.75, 3.05) is 39.1 Å². The van der Waals surface area contributed by atoms with Crippen molar-refractivity contribution >= 4 is 22.0 Å². The summed E-state index contributed by atoms with van der Waals surface area (Å²) < 4.78 is 0.